The van der Waals surface area contributed by atoms with Gasteiger partial charge in [-0.2, -0.15) is 5.26 Å². The molecule has 1 aromatic carbocycles. The van der Waals surface area contributed by atoms with E-state index in [1.807, 2.05) is 12.1 Å². The minimum absolute atomic E-state index is 0.636. The number of anilines is 2. The highest BCUT2D eigenvalue weighted by atomic mass is 15.1. The van der Waals surface area contributed by atoms with Gasteiger partial charge < -0.3 is 10.6 Å². The summed E-state index contributed by atoms with van der Waals surface area (Å²) in [4.78, 5) is 2.35. The normalized spacial score (nSPS) is 16.6. The zero-order valence-electron chi connectivity index (χ0n) is 11.0. The number of nitrogens with zero attached hydrogens (tertiary/aromatic N) is 2. The summed E-state index contributed by atoms with van der Waals surface area (Å²) in [5.74, 6) is 0.880. The van der Waals surface area contributed by atoms with Crippen molar-refractivity contribution in [2.45, 2.75) is 32.6 Å². The lowest BCUT2D eigenvalue weighted by Crippen LogP contribution is -2.34. The van der Waals surface area contributed by atoms with Crippen LogP contribution >= 0.6 is 0 Å². The van der Waals surface area contributed by atoms with Gasteiger partial charge in [-0.05, 0) is 37.0 Å². The van der Waals surface area contributed by atoms with Crippen LogP contribution in [0, 0.1) is 17.2 Å². The molecule has 1 aliphatic heterocycles. The first-order chi connectivity index (χ1) is 8.74. The summed E-state index contributed by atoms with van der Waals surface area (Å²) in [7, 11) is 0. The topological polar surface area (TPSA) is 53.0 Å². The standard InChI is InChI=1S/C15H21N3/c1-2-3-12-6-8-18(9-7-12)15-5-4-13(11-16)10-14(15)17/h4-5,10,12H,2-3,6-9,17H2,1H3. The molecule has 0 amide bonds. The minimum Gasteiger partial charge on any atom is -0.397 e. The Balaban J connectivity index is 2.04. The lowest BCUT2D eigenvalue weighted by Gasteiger charge is -2.34. The van der Waals surface area contributed by atoms with E-state index < -0.39 is 0 Å². The fourth-order valence-electron chi connectivity index (χ4n) is 2.78. The number of nitrogen functional groups attached to an aromatic ring is 1. The van der Waals surface area contributed by atoms with Gasteiger partial charge in [0.05, 0.1) is 23.0 Å². The molecule has 0 aromatic heterocycles. The Labute approximate surface area is 109 Å². The first kappa shape index (κ1) is 12.8. The van der Waals surface area contributed by atoms with Crippen molar-refractivity contribution in [3.8, 4) is 6.07 Å². The minimum atomic E-state index is 0.636. The summed E-state index contributed by atoms with van der Waals surface area (Å²) in [6.07, 6.45) is 5.14. The van der Waals surface area contributed by atoms with Crippen LogP contribution in [0.15, 0.2) is 18.2 Å². The van der Waals surface area contributed by atoms with Crippen molar-refractivity contribution in [2.75, 3.05) is 23.7 Å². The maximum Gasteiger partial charge on any atom is 0.0992 e. The predicted molar refractivity (Wildman–Crippen MR) is 75.4 cm³/mol. The number of piperidine rings is 1. The molecule has 0 saturated carbocycles. The maximum absolute atomic E-state index is 8.84. The number of hydrogen-bond acceptors (Lipinski definition) is 3. The quantitative estimate of drug-likeness (QED) is 0.830. The second kappa shape index (κ2) is 5.77. The summed E-state index contributed by atoms with van der Waals surface area (Å²) in [5.41, 5.74) is 8.48. The lowest BCUT2D eigenvalue weighted by molar-refractivity contribution is 0.378. The monoisotopic (exact) mass is 243 g/mol. The Morgan fingerprint density at radius 1 is 1.39 bits per heavy atom. The van der Waals surface area contributed by atoms with Crippen LogP contribution in [0.3, 0.4) is 0 Å². The molecule has 2 N–H and O–H groups in total. The summed E-state index contributed by atoms with van der Waals surface area (Å²) in [6.45, 7) is 4.42. The van der Waals surface area contributed by atoms with Gasteiger partial charge in [0.2, 0.25) is 0 Å². The van der Waals surface area contributed by atoms with E-state index in [-0.39, 0.29) is 0 Å². The molecule has 1 aliphatic rings. The maximum atomic E-state index is 8.84. The Morgan fingerprint density at radius 2 is 2.11 bits per heavy atom. The SMILES string of the molecule is CCCC1CCN(c2ccc(C#N)cc2N)CC1. The predicted octanol–water partition coefficient (Wildman–Crippen LogP) is 3.16. The van der Waals surface area contributed by atoms with E-state index in [0.717, 1.165) is 30.4 Å². The van der Waals surface area contributed by atoms with Gasteiger partial charge in [0.1, 0.15) is 0 Å². The third-order valence-electron chi connectivity index (χ3n) is 3.81. The van der Waals surface area contributed by atoms with E-state index in [2.05, 4.69) is 17.9 Å². The average molecular weight is 243 g/mol. The van der Waals surface area contributed by atoms with E-state index in [4.69, 9.17) is 11.0 Å². The highest BCUT2D eigenvalue weighted by Crippen LogP contribution is 2.30. The number of nitriles is 1. The molecule has 18 heavy (non-hydrogen) atoms. The van der Waals surface area contributed by atoms with Crippen LogP contribution in [0.2, 0.25) is 0 Å². The summed E-state index contributed by atoms with van der Waals surface area (Å²) < 4.78 is 0. The van der Waals surface area contributed by atoms with E-state index >= 15 is 0 Å². The number of hydrogen-bond donors (Lipinski definition) is 1. The average Bonchev–Trinajstić information content (AvgIpc) is 2.40. The van der Waals surface area contributed by atoms with Gasteiger partial charge in [-0.25, -0.2) is 0 Å². The smallest absolute Gasteiger partial charge is 0.0992 e. The largest absolute Gasteiger partial charge is 0.397 e. The molecule has 0 aliphatic carbocycles. The van der Waals surface area contributed by atoms with E-state index in [9.17, 15) is 0 Å². The fraction of sp³-hybridized carbons (Fsp3) is 0.533. The van der Waals surface area contributed by atoms with E-state index in [1.165, 1.54) is 25.7 Å². The van der Waals surface area contributed by atoms with Crippen molar-refractivity contribution in [2.24, 2.45) is 5.92 Å². The highest BCUT2D eigenvalue weighted by molar-refractivity contribution is 5.69. The number of nitrogens with two attached hydrogens (primary N) is 1. The van der Waals surface area contributed by atoms with E-state index in [1.54, 1.807) is 6.07 Å². The highest BCUT2D eigenvalue weighted by Gasteiger charge is 2.19. The van der Waals surface area contributed by atoms with Gasteiger partial charge in [-0.3, -0.25) is 0 Å². The summed E-state index contributed by atoms with van der Waals surface area (Å²) >= 11 is 0. The van der Waals surface area contributed by atoms with Crippen LogP contribution in [0.1, 0.15) is 38.2 Å². The fourth-order valence-corrected chi connectivity index (χ4v) is 2.78. The van der Waals surface area contributed by atoms with Crippen LogP contribution in [-0.4, -0.2) is 13.1 Å². The number of rotatable bonds is 3. The molecule has 1 heterocycles. The van der Waals surface area contributed by atoms with Crippen molar-refractivity contribution in [1.82, 2.24) is 0 Å². The Morgan fingerprint density at radius 3 is 2.67 bits per heavy atom. The Kier molecular flexibility index (Phi) is 4.09. The van der Waals surface area contributed by atoms with Crippen LogP contribution in [0.5, 0.6) is 0 Å². The van der Waals surface area contributed by atoms with Crippen molar-refractivity contribution in [1.29, 1.82) is 5.26 Å². The van der Waals surface area contributed by atoms with Gasteiger partial charge in [0, 0.05) is 13.1 Å². The van der Waals surface area contributed by atoms with Crippen molar-refractivity contribution in [3.05, 3.63) is 23.8 Å². The molecule has 0 radical (unpaired) electrons. The number of benzene rings is 1. The lowest BCUT2D eigenvalue weighted by atomic mass is 9.92. The first-order valence-electron chi connectivity index (χ1n) is 6.79. The van der Waals surface area contributed by atoms with Gasteiger partial charge in [-0.15, -0.1) is 0 Å². The molecule has 96 valence electrons. The summed E-state index contributed by atoms with van der Waals surface area (Å²) in [5, 5.41) is 8.84. The zero-order valence-corrected chi connectivity index (χ0v) is 11.0. The zero-order chi connectivity index (χ0) is 13.0. The Bertz CT molecular complexity index is 440. The van der Waals surface area contributed by atoms with Crippen molar-refractivity contribution < 1.29 is 0 Å². The molecule has 0 bridgehead atoms. The molecule has 0 atom stereocenters. The van der Waals surface area contributed by atoms with Crippen LogP contribution < -0.4 is 10.6 Å². The van der Waals surface area contributed by atoms with Crippen LogP contribution in [-0.2, 0) is 0 Å². The van der Waals surface area contributed by atoms with Gasteiger partial charge in [0.25, 0.3) is 0 Å². The molecule has 1 saturated heterocycles. The van der Waals surface area contributed by atoms with E-state index in [0.29, 0.717) is 5.56 Å². The third-order valence-corrected chi connectivity index (χ3v) is 3.81. The molecule has 0 spiro atoms. The molecule has 1 fully saturated rings. The second-order valence-corrected chi connectivity index (χ2v) is 5.10. The Hall–Kier alpha value is -1.69. The van der Waals surface area contributed by atoms with Crippen molar-refractivity contribution >= 4 is 11.4 Å². The van der Waals surface area contributed by atoms with Gasteiger partial charge >= 0.3 is 0 Å². The summed E-state index contributed by atoms with van der Waals surface area (Å²) in [6, 6.07) is 7.73. The molecular formula is C15H21N3. The molecule has 3 nitrogen and oxygen atoms in total. The van der Waals surface area contributed by atoms with Crippen molar-refractivity contribution in [3.63, 3.8) is 0 Å². The molecule has 1 aromatic rings. The van der Waals surface area contributed by atoms with Crippen LogP contribution in [0.4, 0.5) is 11.4 Å². The third kappa shape index (κ3) is 2.76. The molecule has 0 unspecified atom stereocenters. The molecule has 2 rings (SSSR count). The molecule has 3 heteroatoms. The first-order valence-corrected chi connectivity index (χ1v) is 6.79. The van der Waals surface area contributed by atoms with Crippen LogP contribution in [0.25, 0.3) is 0 Å². The second-order valence-electron chi connectivity index (χ2n) is 5.10. The van der Waals surface area contributed by atoms with Gasteiger partial charge in [0.15, 0.2) is 0 Å². The molecular weight excluding hydrogens is 222 g/mol. The van der Waals surface area contributed by atoms with Gasteiger partial charge in [-0.1, -0.05) is 19.8 Å².